The van der Waals surface area contributed by atoms with Crippen LogP contribution in [0, 0.1) is 0 Å². The third kappa shape index (κ3) is 10.4. The minimum absolute atomic E-state index is 0.0395. The zero-order chi connectivity index (χ0) is 35.4. The molecule has 0 spiro atoms. The average molecular weight is 667 g/mol. The fourth-order valence-electron chi connectivity index (χ4n) is 5.61. The molecule has 1 unspecified atom stereocenters. The molecule has 5 rings (SSSR count). The van der Waals surface area contributed by atoms with E-state index in [9.17, 15) is 14.4 Å². The predicted octanol–water partition coefficient (Wildman–Crippen LogP) is 6.43. The Hall–Kier alpha value is -4.26. The summed E-state index contributed by atoms with van der Waals surface area (Å²) >= 11 is 0. The maximum absolute atomic E-state index is 12.9. The number of hydrogen-bond donors (Lipinski definition) is 1. The first kappa shape index (κ1) is 38.2. The van der Waals surface area contributed by atoms with Gasteiger partial charge in [-0.1, -0.05) is 33.6 Å². The molecular weight excluding hydrogens is 612 g/mol. The number of ether oxygens (including phenoxy) is 2. The van der Waals surface area contributed by atoms with E-state index in [0.29, 0.717) is 36.2 Å². The van der Waals surface area contributed by atoms with Gasteiger partial charge in [-0.05, 0) is 78.2 Å². The summed E-state index contributed by atoms with van der Waals surface area (Å²) in [6.45, 7) is 14.5. The van der Waals surface area contributed by atoms with Gasteiger partial charge in [-0.3, -0.25) is 14.5 Å². The van der Waals surface area contributed by atoms with Crippen LogP contribution in [-0.4, -0.2) is 100 Å². The van der Waals surface area contributed by atoms with E-state index >= 15 is 0 Å². The molecule has 13 heteroatoms. The molecule has 4 heterocycles. The summed E-state index contributed by atoms with van der Waals surface area (Å²) in [7, 11) is 5.62. The fraction of sp³-hybridized carbons (Fsp3) is 0.600. The van der Waals surface area contributed by atoms with Crippen molar-refractivity contribution in [1.82, 2.24) is 29.3 Å². The van der Waals surface area contributed by atoms with Crippen LogP contribution in [0.5, 0.6) is 0 Å². The molecule has 0 aromatic carbocycles. The van der Waals surface area contributed by atoms with Crippen molar-refractivity contribution in [2.75, 3.05) is 51.0 Å². The summed E-state index contributed by atoms with van der Waals surface area (Å²) in [5.41, 5.74) is 1.76. The van der Waals surface area contributed by atoms with Crippen molar-refractivity contribution < 1.29 is 23.9 Å². The molecule has 1 saturated carbocycles. The smallest absolute Gasteiger partial charge is 0.414 e. The zero-order valence-electron chi connectivity index (χ0n) is 30.2. The highest BCUT2D eigenvalue weighted by molar-refractivity contribution is 5.98. The molecule has 48 heavy (non-hydrogen) atoms. The van der Waals surface area contributed by atoms with E-state index in [-0.39, 0.29) is 29.7 Å². The van der Waals surface area contributed by atoms with E-state index in [1.165, 1.54) is 0 Å². The number of amides is 2. The number of nitrogens with one attached hydrogen (secondary N) is 1. The lowest BCUT2D eigenvalue weighted by Gasteiger charge is -2.19. The number of aromatic nitrogens is 4. The van der Waals surface area contributed by atoms with Crippen LogP contribution in [0.2, 0.25) is 0 Å². The van der Waals surface area contributed by atoms with Gasteiger partial charge < -0.3 is 29.2 Å². The lowest BCUT2D eigenvalue weighted by Crippen LogP contribution is -2.27. The maximum atomic E-state index is 12.9. The lowest BCUT2D eigenvalue weighted by molar-refractivity contribution is -0.138. The second kappa shape index (κ2) is 17.8. The third-order valence-electron chi connectivity index (χ3n) is 7.90. The first-order valence-electron chi connectivity index (χ1n) is 17.0. The van der Waals surface area contributed by atoms with Crippen molar-refractivity contribution in [3.8, 4) is 0 Å². The summed E-state index contributed by atoms with van der Waals surface area (Å²) in [6, 6.07) is 5.78. The molecular formula is C35H54N8O5. The summed E-state index contributed by atoms with van der Waals surface area (Å²) in [4.78, 5) is 54.3. The molecule has 2 fully saturated rings. The fourth-order valence-corrected chi connectivity index (χ4v) is 5.61. The van der Waals surface area contributed by atoms with Crippen molar-refractivity contribution in [3.63, 3.8) is 0 Å². The minimum atomic E-state index is -0.342. The average Bonchev–Trinajstić information content (AvgIpc) is 3.79. The molecule has 2 amide bonds. The zero-order valence-corrected chi connectivity index (χ0v) is 30.2. The van der Waals surface area contributed by atoms with E-state index in [1.807, 2.05) is 46.8 Å². The minimum Gasteiger partial charge on any atom is -0.462 e. The quantitative estimate of drug-likeness (QED) is 0.228. The summed E-state index contributed by atoms with van der Waals surface area (Å²) in [5.74, 6) is 0.926. The Bertz CT molecular complexity index is 1480. The molecule has 13 nitrogen and oxygen atoms in total. The molecule has 1 aliphatic carbocycles. The summed E-state index contributed by atoms with van der Waals surface area (Å²) in [5, 5.41) is 4.01. The Kier molecular flexibility index (Phi) is 14.1. The largest absolute Gasteiger partial charge is 0.462 e. The maximum Gasteiger partial charge on any atom is 0.414 e. The Morgan fingerprint density at radius 2 is 1.81 bits per heavy atom. The Morgan fingerprint density at radius 3 is 2.38 bits per heavy atom. The van der Waals surface area contributed by atoms with E-state index in [2.05, 4.69) is 43.5 Å². The van der Waals surface area contributed by atoms with Gasteiger partial charge in [0.1, 0.15) is 28.9 Å². The molecule has 2 aliphatic rings. The molecule has 0 radical (unpaired) electrons. The second-order valence-corrected chi connectivity index (χ2v) is 13.1. The van der Waals surface area contributed by atoms with E-state index in [0.717, 1.165) is 62.6 Å². The summed E-state index contributed by atoms with van der Waals surface area (Å²) in [6.07, 6.45) is 9.18. The topological polar surface area (TPSA) is 135 Å². The van der Waals surface area contributed by atoms with Crippen molar-refractivity contribution >= 4 is 47.0 Å². The van der Waals surface area contributed by atoms with E-state index in [1.54, 1.807) is 42.4 Å². The molecule has 1 aliphatic heterocycles. The van der Waals surface area contributed by atoms with Crippen LogP contribution in [-0.2, 0) is 14.3 Å². The lowest BCUT2D eigenvalue weighted by atomic mass is 10.2. The molecule has 3 aromatic heterocycles. The van der Waals surface area contributed by atoms with Crippen LogP contribution in [0.1, 0.15) is 96.6 Å². The molecule has 0 bridgehead atoms. The number of cyclic esters (lactones) is 1. The van der Waals surface area contributed by atoms with Crippen LogP contribution >= 0.6 is 0 Å². The number of carbonyl (C=O) groups excluding carboxylic acids is 3. The van der Waals surface area contributed by atoms with Gasteiger partial charge in [-0.25, -0.2) is 14.8 Å². The van der Waals surface area contributed by atoms with Gasteiger partial charge in [-0.15, -0.1) is 0 Å². The molecule has 1 saturated heterocycles. The molecule has 264 valence electrons. The SMILES string of the molecule is CC.CC(C)(C)OC=O.CCCN(C)CCC1CN(c2ccc(Nc3ncc4cc(C(=O)N(C)C)n(C5CCCC5)c4n3)nc2)C(=O)O1. The van der Waals surface area contributed by atoms with E-state index < -0.39 is 0 Å². The highest BCUT2D eigenvalue weighted by Gasteiger charge is 2.32. The van der Waals surface area contributed by atoms with Gasteiger partial charge in [0.25, 0.3) is 12.4 Å². The first-order valence-corrected chi connectivity index (χ1v) is 17.0. The number of carbonyl (C=O) groups is 3. The number of anilines is 3. The molecule has 1 atom stereocenters. The number of hydrogen-bond acceptors (Lipinski definition) is 10. The Balaban J connectivity index is 0.000000618. The Labute approximate surface area is 285 Å². The number of fused-ring (bicyclic) bond motifs is 1. The van der Waals surface area contributed by atoms with Crippen LogP contribution < -0.4 is 10.2 Å². The van der Waals surface area contributed by atoms with Crippen molar-refractivity contribution in [2.45, 2.75) is 97.8 Å². The number of nitrogens with zero attached hydrogens (tertiary/aromatic N) is 7. The van der Waals surface area contributed by atoms with Gasteiger partial charge in [0.2, 0.25) is 5.95 Å². The normalized spacial score (nSPS) is 16.2. The van der Waals surface area contributed by atoms with E-state index in [4.69, 9.17) is 9.72 Å². The molecule has 1 N–H and O–H groups in total. The second-order valence-electron chi connectivity index (χ2n) is 13.1. The van der Waals surface area contributed by atoms with Gasteiger partial charge >= 0.3 is 6.09 Å². The van der Waals surface area contributed by atoms with Gasteiger partial charge in [0, 0.05) is 38.3 Å². The number of pyridine rings is 1. The first-order chi connectivity index (χ1) is 22.9. The summed E-state index contributed by atoms with van der Waals surface area (Å²) < 4.78 is 12.2. The van der Waals surface area contributed by atoms with Crippen molar-refractivity contribution in [2.24, 2.45) is 0 Å². The highest BCUT2D eigenvalue weighted by Crippen LogP contribution is 2.35. The number of rotatable bonds is 11. The molecule has 3 aromatic rings. The monoisotopic (exact) mass is 666 g/mol. The van der Waals surface area contributed by atoms with Crippen molar-refractivity contribution in [1.29, 1.82) is 0 Å². The van der Waals surface area contributed by atoms with Crippen LogP contribution in [0.3, 0.4) is 0 Å². The van der Waals surface area contributed by atoms with Crippen LogP contribution in [0.4, 0.5) is 22.2 Å². The van der Waals surface area contributed by atoms with Gasteiger partial charge in [0.15, 0.2) is 0 Å². The highest BCUT2D eigenvalue weighted by atomic mass is 16.6. The predicted molar refractivity (Wildman–Crippen MR) is 189 cm³/mol. The Morgan fingerprint density at radius 1 is 1.10 bits per heavy atom. The van der Waals surface area contributed by atoms with Gasteiger partial charge in [-0.2, -0.15) is 4.98 Å². The standard InChI is InChI=1S/C28H38N8O3.C5H10O2.C2H6/c1-5-13-34(4)14-12-22-18-35(28(38)39-22)21-10-11-24(29-17-21)31-27-30-16-19-15-23(26(37)33(2)3)36(25(19)32-27)20-8-6-7-9-20;1-5(2,3)7-4-6;1-2/h10-11,15-17,20,22H,5-9,12-14,18H2,1-4H3,(H,29,30,31,32);4H,1-3H3;1-2H3. The van der Waals surface area contributed by atoms with Crippen molar-refractivity contribution in [3.05, 3.63) is 36.3 Å². The van der Waals surface area contributed by atoms with Crippen LogP contribution in [0.15, 0.2) is 30.6 Å². The third-order valence-corrected chi connectivity index (χ3v) is 7.90. The van der Waals surface area contributed by atoms with Crippen LogP contribution in [0.25, 0.3) is 11.0 Å². The van der Waals surface area contributed by atoms with Gasteiger partial charge in [0.05, 0.1) is 18.4 Å².